The molecule has 12 heavy (non-hydrogen) atoms. The Labute approximate surface area is 71.4 Å². The van der Waals surface area contributed by atoms with Gasteiger partial charge in [-0.25, -0.2) is 4.79 Å². The zero-order valence-electron chi connectivity index (χ0n) is 7.25. The van der Waals surface area contributed by atoms with Gasteiger partial charge in [-0.05, 0) is 19.8 Å². The van der Waals surface area contributed by atoms with Gasteiger partial charge in [0.15, 0.2) is 0 Å². The standard InChI is InChI=1S/C8H13N2O2/c1-2-12-8(11)10-9-7-5-3-4-6-7/h2-6H2,1H3/q+1. The lowest BCUT2D eigenvalue weighted by Crippen LogP contribution is -1.99. The number of rotatable bonds is 1. The third-order valence-corrected chi connectivity index (χ3v) is 1.72. The zero-order chi connectivity index (χ0) is 8.81. The number of carbonyl (C=O) groups excluding carboxylic acids is 1. The van der Waals surface area contributed by atoms with Crippen molar-refractivity contribution in [3.63, 3.8) is 0 Å². The second-order valence-corrected chi connectivity index (χ2v) is 2.67. The quantitative estimate of drug-likeness (QED) is 0.444. The van der Waals surface area contributed by atoms with Crippen molar-refractivity contribution in [3.8, 4) is 0 Å². The molecule has 1 rings (SSSR count). The molecule has 66 valence electrons. The van der Waals surface area contributed by atoms with Gasteiger partial charge in [-0.2, -0.15) is 0 Å². The van der Waals surface area contributed by atoms with Gasteiger partial charge < -0.3 is 4.74 Å². The summed E-state index contributed by atoms with van der Waals surface area (Å²) >= 11 is 0. The van der Waals surface area contributed by atoms with Crippen LogP contribution in [0.5, 0.6) is 0 Å². The first-order valence-corrected chi connectivity index (χ1v) is 4.26. The lowest BCUT2D eigenvalue weighted by molar-refractivity contribution is -0.0897. The Bertz CT molecular complexity index is 221. The van der Waals surface area contributed by atoms with E-state index in [2.05, 4.69) is 14.6 Å². The highest BCUT2D eigenvalue weighted by atomic mass is 16.5. The van der Waals surface area contributed by atoms with Crippen molar-refractivity contribution in [1.29, 1.82) is 0 Å². The van der Waals surface area contributed by atoms with Crippen LogP contribution in [-0.4, -0.2) is 23.2 Å². The van der Waals surface area contributed by atoms with Gasteiger partial charge in [0.1, 0.15) is 0 Å². The Hall–Kier alpha value is -1.15. The van der Waals surface area contributed by atoms with Crippen LogP contribution in [0.4, 0.5) is 4.79 Å². The van der Waals surface area contributed by atoms with E-state index in [0.29, 0.717) is 6.61 Å². The summed E-state index contributed by atoms with van der Waals surface area (Å²) in [5.74, 6) is 0. The Morgan fingerprint density at radius 3 is 2.83 bits per heavy atom. The number of hydrogen-bond acceptors (Lipinski definition) is 2. The summed E-state index contributed by atoms with van der Waals surface area (Å²) in [6.07, 6.45) is 3.69. The van der Waals surface area contributed by atoms with Crippen LogP contribution in [0.2, 0.25) is 0 Å². The van der Waals surface area contributed by atoms with Crippen molar-refractivity contribution >= 4 is 11.8 Å². The van der Waals surface area contributed by atoms with E-state index in [0.717, 1.165) is 31.4 Å². The molecule has 1 aliphatic carbocycles. The summed E-state index contributed by atoms with van der Waals surface area (Å²) in [6, 6.07) is 0. The molecule has 0 aromatic heterocycles. The van der Waals surface area contributed by atoms with E-state index in [-0.39, 0.29) is 0 Å². The number of hydrogen-bond donors (Lipinski definition) is 0. The molecule has 0 aromatic carbocycles. The molecule has 4 nitrogen and oxygen atoms in total. The monoisotopic (exact) mass is 169 g/mol. The number of carbonyl (C=O) groups is 1. The first kappa shape index (κ1) is 8.94. The van der Waals surface area contributed by atoms with Crippen LogP contribution in [0.1, 0.15) is 32.6 Å². The molecule has 1 amide bonds. The minimum absolute atomic E-state index is 0.354. The molecular weight excluding hydrogens is 156 g/mol. The number of amides is 1. The molecular formula is C8H13N2O2+. The van der Waals surface area contributed by atoms with Gasteiger partial charge in [0.2, 0.25) is 5.11 Å². The maximum absolute atomic E-state index is 10.7. The zero-order valence-corrected chi connectivity index (χ0v) is 7.25. The minimum atomic E-state index is -0.586. The molecule has 1 saturated carbocycles. The molecule has 0 aliphatic heterocycles. The summed E-state index contributed by atoms with van der Waals surface area (Å²) in [4.78, 5) is 14.5. The van der Waals surface area contributed by atoms with E-state index in [4.69, 9.17) is 0 Å². The highest BCUT2D eigenvalue weighted by molar-refractivity contribution is 5.80. The Balaban J connectivity index is 2.46. The Kier molecular flexibility index (Phi) is 3.48. The highest BCUT2D eigenvalue weighted by Gasteiger charge is 2.18. The predicted octanol–water partition coefficient (Wildman–Crippen LogP) is 1.82. The molecule has 1 fully saturated rings. The molecule has 0 spiro atoms. The van der Waals surface area contributed by atoms with Crippen molar-refractivity contribution in [2.45, 2.75) is 32.6 Å². The van der Waals surface area contributed by atoms with Crippen molar-refractivity contribution in [2.75, 3.05) is 6.61 Å². The van der Waals surface area contributed by atoms with Gasteiger partial charge in [0.05, 0.1) is 11.4 Å². The van der Waals surface area contributed by atoms with Crippen molar-refractivity contribution in [2.24, 2.45) is 5.11 Å². The SMILES string of the molecule is CCOC(=O)N=[N+]=C1CCCC1. The largest absolute Gasteiger partial charge is 0.509 e. The summed E-state index contributed by atoms with van der Waals surface area (Å²) < 4.78 is 4.59. The van der Waals surface area contributed by atoms with E-state index >= 15 is 0 Å². The molecule has 0 bridgehead atoms. The van der Waals surface area contributed by atoms with E-state index in [9.17, 15) is 4.79 Å². The van der Waals surface area contributed by atoms with Crippen molar-refractivity contribution < 1.29 is 14.3 Å². The van der Waals surface area contributed by atoms with Crippen LogP contribution in [0, 0.1) is 0 Å². The van der Waals surface area contributed by atoms with Crippen LogP contribution < -0.4 is 0 Å². The summed E-state index contributed by atoms with van der Waals surface area (Å²) in [6.45, 7) is 2.10. The maximum atomic E-state index is 10.7. The van der Waals surface area contributed by atoms with Gasteiger partial charge in [0, 0.05) is 12.8 Å². The van der Waals surface area contributed by atoms with Crippen LogP contribution >= 0.6 is 0 Å². The Morgan fingerprint density at radius 2 is 2.25 bits per heavy atom. The molecule has 0 saturated heterocycles. The molecule has 0 N–H and O–H groups in total. The van der Waals surface area contributed by atoms with Crippen molar-refractivity contribution in [1.82, 2.24) is 0 Å². The van der Waals surface area contributed by atoms with E-state index in [1.54, 1.807) is 6.92 Å². The van der Waals surface area contributed by atoms with Gasteiger partial charge in [0.25, 0.3) is 0 Å². The molecule has 4 heteroatoms. The molecule has 1 aliphatic rings. The predicted molar refractivity (Wildman–Crippen MR) is 43.2 cm³/mol. The Morgan fingerprint density at radius 1 is 1.58 bits per heavy atom. The van der Waals surface area contributed by atoms with Crippen molar-refractivity contribution in [3.05, 3.63) is 0 Å². The van der Waals surface area contributed by atoms with Crippen LogP contribution in [0.3, 0.4) is 0 Å². The van der Waals surface area contributed by atoms with Gasteiger partial charge in [-0.15, -0.1) is 0 Å². The van der Waals surface area contributed by atoms with Gasteiger partial charge in [-0.3, -0.25) is 0 Å². The fourth-order valence-corrected chi connectivity index (χ4v) is 1.15. The number of ether oxygens (including phenoxy) is 1. The molecule has 0 atom stereocenters. The first-order chi connectivity index (χ1) is 5.83. The molecule has 0 heterocycles. The van der Waals surface area contributed by atoms with Gasteiger partial charge in [-0.1, -0.05) is 0 Å². The fourth-order valence-electron chi connectivity index (χ4n) is 1.15. The smallest absolute Gasteiger partial charge is 0.444 e. The van der Waals surface area contributed by atoms with E-state index in [1.165, 1.54) is 0 Å². The molecule has 0 aromatic rings. The topological polar surface area (TPSA) is 52.8 Å². The van der Waals surface area contributed by atoms with Gasteiger partial charge >= 0.3 is 11.8 Å². The lowest BCUT2D eigenvalue weighted by Gasteiger charge is -1.85. The van der Waals surface area contributed by atoms with Crippen LogP contribution in [0.25, 0.3) is 0 Å². The highest BCUT2D eigenvalue weighted by Crippen LogP contribution is 2.11. The first-order valence-electron chi connectivity index (χ1n) is 4.26. The molecule has 0 unspecified atom stereocenters. The molecule has 0 radical (unpaired) electrons. The lowest BCUT2D eigenvalue weighted by atomic mass is 10.3. The normalized spacial score (nSPS) is 15.6. The summed E-state index contributed by atoms with van der Waals surface area (Å²) in [7, 11) is 0. The fraction of sp³-hybridized carbons (Fsp3) is 0.750. The minimum Gasteiger partial charge on any atom is -0.444 e. The van der Waals surface area contributed by atoms with Crippen LogP contribution in [-0.2, 0) is 4.74 Å². The third-order valence-electron chi connectivity index (χ3n) is 1.72. The van der Waals surface area contributed by atoms with E-state index < -0.39 is 6.09 Å². The maximum Gasteiger partial charge on any atom is 0.509 e. The number of nitrogens with zero attached hydrogens (tertiary/aromatic N) is 2. The van der Waals surface area contributed by atoms with Crippen LogP contribution in [0.15, 0.2) is 5.11 Å². The second-order valence-electron chi connectivity index (χ2n) is 2.67. The average molecular weight is 169 g/mol. The third kappa shape index (κ3) is 2.84. The summed E-state index contributed by atoms with van der Waals surface area (Å²) in [5, 5.41) is 3.42. The van der Waals surface area contributed by atoms with E-state index in [1.807, 2.05) is 0 Å². The summed E-state index contributed by atoms with van der Waals surface area (Å²) in [5.41, 5.74) is 1.02. The second kappa shape index (κ2) is 4.67. The average Bonchev–Trinajstić information content (AvgIpc) is 2.53.